The van der Waals surface area contributed by atoms with Gasteiger partial charge >= 0.3 is 23.5 Å². The third-order valence-corrected chi connectivity index (χ3v) is 4.73. The zero-order valence-electron chi connectivity index (χ0n) is 18.9. The monoisotopic (exact) mass is 469 g/mol. The van der Waals surface area contributed by atoms with Gasteiger partial charge < -0.3 is 39.2 Å². The van der Waals surface area contributed by atoms with Gasteiger partial charge in [-0.3, -0.25) is 9.59 Å². The second-order valence-electron chi connectivity index (χ2n) is 7.27. The second-order valence-corrected chi connectivity index (χ2v) is 7.27. The summed E-state index contributed by atoms with van der Waals surface area (Å²) in [5, 5.41) is 16.2. The van der Waals surface area contributed by atoms with E-state index in [1.54, 1.807) is 43.9 Å². The van der Waals surface area contributed by atoms with Crippen LogP contribution in [0.25, 0.3) is 6.08 Å². The molecule has 0 unspecified atom stereocenters. The molecule has 0 spiro atoms. The molecule has 13 nitrogen and oxygen atoms in total. The number of ether oxygens (including phenoxy) is 1. The molecule has 2 N–H and O–H groups in total. The predicted octanol–water partition coefficient (Wildman–Crippen LogP) is 2.09. The van der Waals surface area contributed by atoms with Crippen LogP contribution in [0.2, 0.25) is 0 Å². The number of esters is 1. The van der Waals surface area contributed by atoms with Gasteiger partial charge in [-0.25, -0.2) is 4.79 Å². The van der Waals surface area contributed by atoms with Gasteiger partial charge in [0.15, 0.2) is 0 Å². The fourth-order valence-corrected chi connectivity index (χ4v) is 3.15. The highest BCUT2D eigenvalue weighted by molar-refractivity contribution is 6.06. The summed E-state index contributed by atoms with van der Waals surface area (Å²) in [6, 6.07) is 3.16. The molecule has 34 heavy (non-hydrogen) atoms. The predicted molar refractivity (Wildman–Crippen MR) is 122 cm³/mol. The van der Waals surface area contributed by atoms with Crippen molar-refractivity contribution in [3.8, 4) is 0 Å². The van der Waals surface area contributed by atoms with Crippen molar-refractivity contribution in [2.75, 3.05) is 17.2 Å². The van der Waals surface area contributed by atoms with Crippen LogP contribution in [-0.2, 0) is 30.7 Å². The molecule has 3 aromatic heterocycles. The highest BCUT2D eigenvalue weighted by atomic mass is 16.6. The third-order valence-electron chi connectivity index (χ3n) is 4.73. The molecular formula is C21H23N7O6. The maximum absolute atomic E-state index is 12.8. The molecule has 3 heterocycles. The summed E-state index contributed by atoms with van der Waals surface area (Å²) in [4.78, 5) is 50.6. The molecule has 0 atom stereocenters. The van der Waals surface area contributed by atoms with Crippen LogP contribution in [0.3, 0.4) is 0 Å². The number of aryl methyl sites for hydroxylation is 3. The van der Waals surface area contributed by atoms with E-state index >= 15 is 0 Å². The Morgan fingerprint density at radius 3 is 2.32 bits per heavy atom. The Bertz CT molecular complexity index is 1300. The topological polar surface area (TPSA) is 155 Å². The number of rotatable bonds is 8. The van der Waals surface area contributed by atoms with E-state index in [9.17, 15) is 24.5 Å². The van der Waals surface area contributed by atoms with E-state index < -0.39 is 28.5 Å². The molecule has 0 aliphatic carbocycles. The van der Waals surface area contributed by atoms with Crippen molar-refractivity contribution < 1.29 is 24.0 Å². The molecule has 0 saturated carbocycles. The minimum absolute atomic E-state index is 0.144. The second kappa shape index (κ2) is 9.85. The van der Waals surface area contributed by atoms with Gasteiger partial charge in [-0.05, 0) is 35.0 Å². The van der Waals surface area contributed by atoms with E-state index in [0.717, 1.165) is 6.20 Å². The fourth-order valence-electron chi connectivity index (χ4n) is 3.15. The van der Waals surface area contributed by atoms with Gasteiger partial charge in [-0.1, -0.05) is 0 Å². The number of nitrogens with zero attached hydrogens (tertiary/aromatic N) is 5. The average molecular weight is 469 g/mol. The van der Waals surface area contributed by atoms with Crippen molar-refractivity contribution in [3.05, 3.63) is 64.1 Å². The Morgan fingerprint density at radius 2 is 1.68 bits per heavy atom. The van der Waals surface area contributed by atoms with Crippen LogP contribution < -0.4 is 10.6 Å². The number of amides is 2. The van der Waals surface area contributed by atoms with Gasteiger partial charge in [0.1, 0.15) is 11.9 Å². The van der Waals surface area contributed by atoms with Crippen molar-refractivity contribution in [1.82, 2.24) is 18.7 Å². The lowest BCUT2D eigenvalue weighted by Crippen LogP contribution is -2.16. The summed E-state index contributed by atoms with van der Waals surface area (Å²) in [6.45, 7) is 1.99. The summed E-state index contributed by atoms with van der Waals surface area (Å²) in [7, 11) is 4.86. The number of hydrogen-bond acceptors (Lipinski definition) is 7. The van der Waals surface area contributed by atoms with Crippen LogP contribution in [0.5, 0.6) is 0 Å². The molecule has 0 radical (unpaired) electrons. The summed E-state index contributed by atoms with van der Waals surface area (Å²) >= 11 is 0. The summed E-state index contributed by atoms with van der Waals surface area (Å²) < 4.78 is 9.35. The van der Waals surface area contributed by atoms with Gasteiger partial charge in [0.2, 0.25) is 0 Å². The Kier molecular flexibility index (Phi) is 6.95. The quantitative estimate of drug-likeness (QED) is 0.221. The van der Waals surface area contributed by atoms with Gasteiger partial charge in [0.25, 0.3) is 5.91 Å². The van der Waals surface area contributed by atoms with Crippen molar-refractivity contribution in [2.45, 2.75) is 6.92 Å². The number of hydrogen-bond donors (Lipinski definition) is 2. The lowest BCUT2D eigenvalue weighted by atomic mass is 10.3. The number of carbonyl (C=O) groups excluding carboxylic acids is 3. The third kappa shape index (κ3) is 5.38. The van der Waals surface area contributed by atoms with Crippen molar-refractivity contribution in [1.29, 1.82) is 0 Å². The number of carbonyl (C=O) groups is 3. The number of aromatic nitrogens is 4. The number of nitro groups is 1. The van der Waals surface area contributed by atoms with Crippen LogP contribution in [0, 0.1) is 10.1 Å². The SMILES string of the molecule is CCOC(=O)/C=C/c1cc(NC(=O)c2cc(NC(=O)c3nc([N+](=O)[O-])cn3C)cn2C)cn1C. The standard InChI is InChI=1S/C21H23N7O6/c1-5-34-18(29)7-6-15-8-13(10-25(15)2)22-20(30)16-9-14(11-26(16)3)23-21(31)19-24-17(28(32)33)12-27(19)4/h6-12H,5H2,1-4H3,(H,22,30)(H,23,31)/b7-6+. The molecular weight excluding hydrogens is 446 g/mol. The highest BCUT2D eigenvalue weighted by Gasteiger charge is 2.24. The molecule has 3 rings (SSSR count). The summed E-state index contributed by atoms with van der Waals surface area (Å²) in [5.74, 6) is -2.14. The fraction of sp³-hybridized carbons (Fsp3) is 0.238. The average Bonchev–Trinajstić information content (AvgIpc) is 3.43. The molecule has 2 amide bonds. The summed E-state index contributed by atoms with van der Waals surface area (Å²) in [5.41, 5.74) is 1.75. The summed E-state index contributed by atoms with van der Waals surface area (Å²) in [6.07, 6.45) is 7.22. The lowest BCUT2D eigenvalue weighted by molar-refractivity contribution is -0.389. The Labute approximate surface area is 193 Å². The molecule has 0 saturated heterocycles. The zero-order valence-corrected chi connectivity index (χ0v) is 18.9. The molecule has 0 fully saturated rings. The van der Waals surface area contributed by atoms with E-state index in [1.807, 2.05) is 0 Å². The molecule has 0 aliphatic rings. The van der Waals surface area contributed by atoms with E-state index in [0.29, 0.717) is 17.1 Å². The Morgan fingerprint density at radius 1 is 1.03 bits per heavy atom. The van der Waals surface area contributed by atoms with E-state index in [2.05, 4.69) is 15.6 Å². The maximum atomic E-state index is 12.8. The van der Waals surface area contributed by atoms with Crippen LogP contribution in [0.15, 0.2) is 36.8 Å². The van der Waals surface area contributed by atoms with Crippen molar-refractivity contribution >= 4 is 41.1 Å². The molecule has 3 aromatic rings. The first kappa shape index (κ1) is 24.0. The van der Waals surface area contributed by atoms with E-state index in [-0.39, 0.29) is 18.1 Å². The van der Waals surface area contributed by atoms with Crippen LogP contribution >= 0.6 is 0 Å². The Hall–Kier alpha value is -4.68. The molecule has 13 heteroatoms. The van der Waals surface area contributed by atoms with Crippen LogP contribution in [-0.4, -0.2) is 48.0 Å². The first-order chi connectivity index (χ1) is 16.1. The number of nitrogens with one attached hydrogen (secondary N) is 2. The van der Waals surface area contributed by atoms with E-state index in [4.69, 9.17) is 4.74 Å². The lowest BCUT2D eigenvalue weighted by Gasteiger charge is -2.03. The van der Waals surface area contributed by atoms with Gasteiger partial charge in [-0.2, -0.15) is 0 Å². The zero-order chi connectivity index (χ0) is 25.0. The smallest absolute Gasteiger partial charge is 0.382 e. The van der Waals surface area contributed by atoms with Crippen LogP contribution in [0.4, 0.5) is 17.2 Å². The van der Waals surface area contributed by atoms with Gasteiger partial charge in [0.05, 0.1) is 18.0 Å². The van der Waals surface area contributed by atoms with E-state index in [1.165, 1.54) is 34.5 Å². The molecule has 178 valence electrons. The van der Waals surface area contributed by atoms with Crippen molar-refractivity contribution in [2.24, 2.45) is 21.1 Å². The minimum Gasteiger partial charge on any atom is -0.463 e. The first-order valence-electron chi connectivity index (χ1n) is 10.1. The number of anilines is 2. The van der Waals surface area contributed by atoms with Gasteiger partial charge in [-0.15, -0.1) is 0 Å². The highest BCUT2D eigenvalue weighted by Crippen LogP contribution is 2.19. The molecule has 0 bridgehead atoms. The van der Waals surface area contributed by atoms with Crippen LogP contribution in [0.1, 0.15) is 33.7 Å². The minimum atomic E-state index is -0.691. The first-order valence-corrected chi connectivity index (χ1v) is 10.1. The molecule has 0 aromatic carbocycles. The van der Waals surface area contributed by atoms with Crippen molar-refractivity contribution in [3.63, 3.8) is 0 Å². The normalized spacial score (nSPS) is 10.9. The number of imidazole rings is 1. The van der Waals surface area contributed by atoms with Gasteiger partial charge in [0, 0.05) is 45.3 Å². The largest absolute Gasteiger partial charge is 0.463 e. The Balaban J connectivity index is 1.70. The molecule has 0 aliphatic heterocycles. The maximum Gasteiger partial charge on any atom is 0.382 e.